The van der Waals surface area contributed by atoms with Crippen LogP contribution in [0.25, 0.3) is 11.4 Å². The minimum Gasteiger partial charge on any atom is -0.321 e. The van der Waals surface area contributed by atoms with E-state index in [1.54, 1.807) is 23.3 Å². The van der Waals surface area contributed by atoms with E-state index < -0.39 is 0 Å². The number of carbonyl (C=O) groups is 1. The van der Waals surface area contributed by atoms with Crippen LogP contribution in [0.15, 0.2) is 30.3 Å². The van der Waals surface area contributed by atoms with E-state index in [4.69, 9.17) is 4.98 Å². The number of rotatable bonds is 4. The Morgan fingerprint density at radius 2 is 2.00 bits per heavy atom. The van der Waals surface area contributed by atoms with Gasteiger partial charge in [-0.15, -0.1) is 11.3 Å². The number of benzene rings is 1. The molecule has 0 radical (unpaired) electrons. The van der Waals surface area contributed by atoms with Crippen LogP contribution >= 0.6 is 22.9 Å². The summed E-state index contributed by atoms with van der Waals surface area (Å²) in [4.78, 5) is 24.5. The molecular formula is C18H19N5OS2. The summed E-state index contributed by atoms with van der Waals surface area (Å²) >= 11 is 2.92. The number of nitrogens with one attached hydrogen (secondary N) is 1. The predicted molar refractivity (Wildman–Crippen MR) is 105 cm³/mol. The van der Waals surface area contributed by atoms with Crippen LogP contribution in [0.5, 0.6) is 0 Å². The highest BCUT2D eigenvalue weighted by Crippen LogP contribution is 2.27. The van der Waals surface area contributed by atoms with Gasteiger partial charge in [0, 0.05) is 29.0 Å². The number of hydrogen-bond acceptors (Lipinski definition) is 6. The quantitative estimate of drug-likeness (QED) is 0.730. The molecular weight excluding hydrogens is 366 g/mol. The van der Waals surface area contributed by atoms with Gasteiger partial charge in [0.1, 0.15) is 5.01 Å². The Hall–Kier alpha value is -2.32. The smallest absolute Gasteiger partial charge is 0.321 e. The largest absolute Gasteiger partial charge is 0.323 e. The minimum absolute atomic E-state index is 0.200. The zero-order valence-electron chi connectivity index (χ0n) is 14.4. The molecule has 0 spiro atoms. The van der Waals surface area contributed by atoms with Gasteiger partial charge in [-0.1, -0.05) is 30.3 Å². The molecule has 0 atom stereocenters. The second-order valence-corrected chi connectivity index (χ2v) is 8.18. The van der Waals surface area contributed by atoms with Gasteiger partial charge in [0.2, 0.25) is 5.13 Å². The summed E-state index contributed by atoms with van der Waals surface area (Å²) in [6.45, 7) is 0.508. The first-order valence-corrected chi connectivity index (χ1v) is 10.2. The molecule has 0 bridgehead atoms. The first-order chi connectivity index (χ1) is 12.7. The van der Waals surface area contributed by atoms with Gasteiger partial charge in [-0.3, -0.25) is 5.32 Å². The molecule has 1 aliphatic rings. The summed E-state index contributed by atoms with van der Waals surface area (Å²) in [6, 6.07) is 9.53. The van der Waals surface area contributed by atoms with Crippen LogP contribution in [0.4, 0.5) is 9.93 Å². The lowest BCUT2D eigenvalue weighted by molar-refractivity contribution is 0.220. The van der Waals surface area contributed by atoms with Gasteiger partial charge in [0.05, 0.1) is 12.2 Å². The van der Waals surface area contributed by atoms with E-state index in [-0.39, 0.29) is 6.03 Å². The number of urea groups is 1. The van der Waals surface area contributed by atoms with Crippen LogP contribution < -0.4 is 5.32 Å². The molecule has 1 aromatic carbocycles. The van der Waals surface area contributed by atoms with Crippen molar-refractivity contribution in [3.8, 4) is 11.4 Å². The van der Waals surface area contributed by atoms with E-state index in [0.29, 0.717) is 17.5 Å². The summed E-state index contributed by atoms with van der Waals surface area (Å²) in [6.07, 6.45) is 4.64. The molecule has 6 nitrogen and oxygen atoms in total. The van der Waals surface area contributed by atoms with Crippen LogP contribution in [-0.4, -0.2) is 32.3 Å². The third kappa shape index (κ3) is 3.76. The maximum absolute atomic E-state index is 12.4. The lowest BCUT2D eigenvalue weighted by atomic mass is 10.0. The highest BCUT2D eigenvalue weighted by Gasteiger charge is 2.18. The number of hydrogen-bond donors (Lipinski definition) is 1. The van der Waals surface area contributed by atoms with Crippen LogP contribution in [0.3, 0.4) is 0 Å². The molecule has 0 fully saturated rings. The Bertz CT molecular complexity index is 882. The number of anilines is 1. The number of thiazole rings is 1. The van der Waals surface area contributed by atoms with Crippen molar-refractivity contribution >= 4 is 34.0 Å². The van der Waals surface area contributed by atoms with E-state index in [0.717, 1.165) is 23.4 Å². The van der Waals surface area contributed by atoms with Crippen LogP contribution in [0.2, 0.25) is 0 Å². The fourth-order valence-corrected chi connectivity index (χ4v) is 4.70. The Kier molecular flexibility index (Phi) is 4.94. The highest BCUT2D eigenvalue weighted by molar-refractivity contribution is 7.11. The molecule has 134 valence electrons. The number of aromatic nitrogens is 3. The van der Waals surface area contributed by atoms with Gasteiger partial charge in [0.25, 0.3) is 0 Å². The number of fused-ring (bicyclic) bond motifs is 1. The maximum Gasteiger partial charge on any atom is 0.323 e. The molecule has 2 amide bonds. The van der Waals surface area contributed by atoms with Gasteiger partial charge >= 0.3 is 6.03 Å². The average Bonchev–Trinajstić information content (AvgIpc) is 3.28. The summed E-state index contributed by atoms with van der Waals surface area (Å²) in [5.74, 6) is 0.626. The van der Waals surface area contributed by atoms with E-state index in [2.05, 4.69) is 14.7 Å². The molecule has 26 heavy (non-hydrogen) atoms. The van der Waals surface area contributed by atoms with Crippen molar-refractivity contribution in [1.82, 2.24) is 19.2 Å². The lowest BCUT2D eigenvalue weighted by Gasteiger charge is -2.15. The number of carbonyl (C=O) groups excluding carboxylic acids is 1. The summed E-state index contributed by atoms with van der Waals surface area (Å²) < 4.78 is 4.31. The van der Waals surface area contributed by atoms with Crippen molar-refractivity contribution in [3.05, 3.63) is 45.9 Å². The molecule has 1 aliphatic carbocycles. The summed E-state index contributed by atoms with van der Waals surface area (Å²) in [5.41, 5.74) is 2.16. The van der Waals surface area contributed by atoms with Crippen molar-refractivity contribution in [2.75, 3.05) is 12.4 Å². The standard InChI is InChI=1S/C18H19N5OS2/c1-23(11-15-19-13-9-5-6-10-14(13)25-15)18(24)21-17-20-16(22-26-17)12-7-3-2-4-8-12/h2-4,7-8H,5-6,9-11H2,1H3,(H,20,21,22,24). The van der Waals surface area contributed by atoms with Gasteiger partial charge in [0.15, 0.2) is 5.82 Å². The van der Waals surface area contributed by atoms with Crippen molar-refractivity contribution in [3.63, 3.8) is 0 Å². The van der Waals surface area contributed by atoms with Crippen molar-refractivity contribution < 1.29 is 4.79 Å². The molecule has 3 aromatic rings. The lowest BCUT2D eigenvalue weighted by Crippen LogP contribution is -2.30. The Balaban J connectivity index is 1.38. The highest BCUT2D eigenvalue weighted by atomic mass is 32.1. The fourth-order valence-electron chi connectivity index (χ4n) is 2.91. The van der Waals surface area contributed by atoms with E-state index in [1.807, 2.05) is 30.3 Å². The molecule has 2 aromatic heterocycles. The molecule has 0 aliphatic heterocycles. The van der Waals surface area contributed by atoms with Crippen molar-refractivity contribution in [2.45, 2.75) is 32.2 Å². The van der Waals surface area contributed by atoms with Crippen molar-refractivity contribution in [1.29, 1.82) is 0 Å². The molecule has 0 unspecified atom stereocenters. The second kappa shape index (κ2) is 7.51. The van der Waals surface area contributed by atoms with E-state index >= 15 is 0 Å². The normalized spacial score (nSPS) is 13.3. The van der Waals surface area contributed by atoms with Gasteiger partial charge in [-0.25, -0.2) is 9.78 Å². The predicted octanol–water partition coefficient (Wildman–Crippen LogP) is 4.20. The zero-order chi connectivity index (χ0) is 17.9. The third-order valence-electron chi connectivity index (χ3n) is 4.28. The first kappa shape index (κ1) is 17.1. The second-order valence-electron chi connectivity index (χ2n) is 6.26. The van der Waals surface area contributed by atoms with Crippen LogP contribution in [-0.2, 0) is 19.4 Å². The average molecular weight is 386 g/mol. The topological polar surface area (TPSA) is 71.0 Å². The van der Waals surface area contributed by atoms with Crippen molar-refractivity contribution in [2.24, 2.45) is 0 Å². The Morgan fingerprint density at radius 3 is 2.81 bits per heavy atom. The molecule has 8 heteroatoms. The molecule has 4 rings (SSSR count). The molecule has 2 heterocycles. The maximum atomic E-state index is 12.4. The summed E-state index contributed by atoms with van der Waals surface area (Å²) in [7, 11) is 1.77. The van der Waals surface area contributed by atoms with E-state index in [1.165, 1.54) is 34.9 Å². The SMILES string of the molecule is CN(Cc1nc2c(s1)CCCC2)C(=O)Nc1nc(-c2ccccc2)ns1. The van der Waals surface area contributed by atoms with Gasteiger partial charge < -0.3 is 4.90 Å². The molecule has 0 saturated heterocycles. The minimum atomic E-state index is -0.200. The summed E-state index contributed by atoms with van der Waals surface area (Å²) in [5, 5.41) is 4.32. The van der Waals surface area contributed by atoms with Crippen LogP contribution in [0, 0.1) is 0 Å². The zero-order valence-corrected chi connectivity index (χ0v) is 16.1. The number of amides is 2. The fraction of sp³-hybridized carbons (Fsp3) is 0.333. The molecule has 0 saturated carbocycles. The third-order valence-corrected chi connectivity index (χ3v) is 6.05. The monoisotopic (exact) mass is 385 g/mol. The van der Waals surface area contributed by atoms with Crippen LogP contribution in [0.1, 0.15) is 28.4 Å². The number of aryl methyl sites for hydroxylation is 2. The van der Waals surface area contributed by atoms with Gasteiger partial charge in [-0.05, 0) is 25.7 Å². The van der Waals surface area contributed by atoms with Gasteiger partial charge in [-0.2, -0.15) is 9.36 Å². The molecule has 1 N–H and O–H groups in total. The van der Waals surface area contributed by atoms with E-state index in [9.17, 15) is 4.79 Å². The Labute approximate surface area is 160 Å². The Morgan fingerprint density at radius 1 is 1.19 bits per heavy atom. The number of nitrogens with zero attached hydrogens (tertiary/aromatic N) is 4. The first-order valence-electron chi connectivity index (χ1n) is 8.58.